The zero-order chi connectivity index (χ0) is 13.9. The zero-order valence-electron chi connectivity index (χ0n) is 11.5. The van der Waals surface area contributed by atoms with Crippen LogP contribution < -0.4 is 10.1 Å². The molecule has 1 aliphatic rings. The number of benzene rings is 1. The molecule has 1 aromatic carbocycles. The molecular formula is C15H18ClN3O. The van der Waals surface area contributed by atoms with Crippen LogP contribution in [0.3, 0.4) is 0 Å². The van der Waals surface area contributed by atoms with E-state index in [9.17, 15) is 0 Å². The van der Waals surface area contributed by atoms with Crippen molar-refractivity contribution in [2.45, 2.75) is 25.8 Å². The number of aromatic nitrogens is 2. The maximum atomic E-state index is 5.87. The second-order valence-corrected chi connectivity index (χ2v) is 5.53. The summed E-state index contributed by atoms with van der Waals surface area (Å²) in [6.45, 7) is 4.13. The molecule has 1 unspecified atom stereocenters. The Hall–Kier alpha value is -1.52. The van der Waals surface area contributed by atoms with E-state index in [1.807, 2.05) is 31.2 Å². The molecule has 1 aromatic heterocycles. The first-order valence-corrected chi connectivity index (χ1v) is 7.30. The van der Waals surface area contributed by atoms with Crippen LogP contribution in [0, 0.1) is 6.92 Å². The molecule has 0 radical (unpaired) electrons. The van der Waals surface area contributed by atoms with Gasteiger partial charge < -0.3 is 10.1 Å². The summed E-state index contributed by atoms with van der Waals surface area (Å²) in [5.74, 6) is 1.58. The van der Waals surface area contributed by atoms with Gasteiger partial charge in [-0.05, 0) is 50.6 Å². The van der Waals surface area contributed by atoms with Crippen LogP contribution in [0.5, 0.6) is 11.5 Å². The molecule has 3 rings (SSSR count). The third kappa shape index (κ3) is 2.81. The molecule has 1 aliphatic heterocycles. The summed E-state index contributed by atoms with van der Waals surface area (Å²) in [6, 6.07) is 7.79. The van der Waals surface area contributed by atoms with E-state index in [0.717, 1.165) is 36.7 Å². The van der Waals surface area contributed by atoms with Gasteiger partial charge in [-0.3, -0.25) is 4.68 Å². The van der Waals surface area contributed by atoms with Gasteiger partial charge in [0.05, 0.1) is 17.9 Å². The molecule has 0 saturated carbocycles. The molecule has 1 fully saturated rings. The van der Waals surface area contributed by atoms with Crippen molar-refractivity contribution in [2.24, 2.45) is 0 Å². The van der Waals surface area contributed by atoms with Crippen LogP contribution in [0.15, 0.2) is 30.5 Å². The van der Waals surface area contributed by atoms with Crippen molar-refractivity contribution in [1.29, 1.82) is 0 Å². The Morgan fingerprint density at radius 3 is 2.85 bits per heavy atom. The Bertz CT molecular complexity index is 573. The molecule has 2 aromatic rings. The average molecular weight is 292 g/mol. The summed E-state index contributed by atoms with van der Waals surface area (Å²) in [5.41, 5.74) is 1.06. The normalized spacial score (nSPS) is 19.0. The Kier molecular flexibility index (Phi) is 3.94. The van der Waals surface area contributed by atoms with Gasteiger partial charge in [-0.15, -0.1) is 0 Å². The molecule has 20 heavy (non-hydrogen) atoms. The van der Waals surface area contributed by atoms with Crippen LogP contribution in [0.1, 0.15) is 24.6 Å². The molecule has 106 valence electrons. The predicted octanol–water partition coefficient (Wildman–Crippen LogP) is 3.56. The maximum absolute atomic E-state index is 5.87. The van der Waals surface area contributed by atoms with Crippen LogP contribution in [-0.2, 0) is 0 Å². The Balaban J connectivity index is 1.77. The lowest BCUT2D eigenvalue weighted by Crippen LogP contribution is -2.32. The third-order valence-electron chi connectivity index (χ3n) is 3.66. The molecule has 1 atom stereocenters. The summed E-state index contributed by atoms with van der Waals surface area (Å²) in [7, 11) is 0. The average Bonchev–Trinajstić information content (AvgIpc) is 2.84. The molecular weight excluding hydrogens is 274 g/mol. The standard InChI is InChI=1S/C15H18ClN3O/c1-11-15(20-14-6-4-12(16)5-7-14)10-18-19(11)13-3-2-8-17-9-13/h4-7,10,13,17H,2-3,8-9H2,1H3. The monoisotopic (exact) mass is 291 g/mol. The van der Waals surface area contributed by atoms with Gasteiger partial charge in [0.25, 0.3) is 0 Å². The van der Waals surface area contributed by atoms with E-state index in [2.05, 4.69) is 15.1 Å². The van der Waals surface area contributed by atoms with Crippen molar-refractivity contribution in [3.8, 4) is 11.5 Å². The minimum absolute atomic E-state index is 0.423. The quantitative estimate of drug-likeness (QED) is 0.940. The van der Waals surface area contributed by atoms with Gasteiger partial charge in [-0.25, -0.2) is 0 Å². The molecule has 1 saturated heterocycles. The Labute approximate surface area is 123 Å². The van der Waals surface area contributed by atoms with E-state index in [0.29, 0.717) is 11.1 Å². The molecule has 0 bridgehead atoms. The number of rotatable bonds is 3. The number of nitrogens with one attached hydrogen (secondary N) is 1. The fourth-order valence-electron chi connectivity index (χ4n) is 2.55. The van der Waals surface area contributed by atoms with E-state index in [1.54, 1.807) is 6.20 Å². The number of hydrogen-bond acceptors (Lipinski definition) is 3. The fourth-order valence-corrected chi connectivity index (χ4v) is 2.67. The van der Waals surface area contributed by atoms with E-state index in [-0.39, 0.29) is 0 Å². The molecule has 2 heterocycles. The summed E-state index contributed by atoms with van der Waals surface area (Å²) in [6.07, 6.45) is 4.14. The number of halogens is 1. The number of piperidine rings is 1. The van der Waals surface area contributed by atoms with Crippen molar-refractivity contribution in [2.75, 3.05) is 13.1 Å². The summed E-state index contributed by atoms with van der Waals surface area (Å²) < 4.78 is 7.94. The summed E-state index contributed by atoms with van der Waals surface area (Å²) in [5, 5.41) is 8.59. The first kappa shape index (κ1) is 13.5. The minimum Gasteiger partial charge on any atom is -0.454 e. The van der Waals surface area contributed by atoms with Gasteiger partial charge in [0.1, 0.15) is 5.75 Å². The Morgan fingerprint density at radius 1 is 1.35 bits per heavy atom. The second-order valence-electron chi connectivity index (χ2n) is 5.09. The van der Waals surface area contributed by atoms with Crippen LogP contribution in [0.2, 0.25) is 5.02 Å². The number of nitrogens with zero attached hydrogens (tertiary/aromatic N) is 2. The minimum atomic E-state index is 0.423. The second kappa shape index (κ2) is 5.85. The summed E-state index contributed by atoms with van der Waals surface area (Å²) >= 11 is 5.87. The van der Waals surface area contributed by atoms with E-state index >= 15 is 0 Å². The SMILES string of the molecule is Cc1c(Oc2ccc(Cl)cc2)cnn1C1CCCNC1. The first-order chi connectivity index (χ1) is 9.74. The lowest BCUT2D eigenvalue weighted by molar-refractivity contribution is 0.340. The highest BCUT2D eigenvalue weighted by Gasteiger charge is 2.19. The molecule has 0 aliphatic carbocycles. The van der Waals surface area contributed by atoms with Gasteiger partial charge >= 0.3 is 0 Å². The van der Waals surface area contributed by atoms with Crippen LogP contribution in [0.25, 0.3) is 0 Å². The highest BCUT2D eigenvalue weighted by molar-refractivity contribution is 6.30. The number of hydrogen-bond donors (Lipinski definition) is 1. The molecule has 0 spiro atoms. The molecule has 1 N–H and O–H groups in total. The molecule has 5 heteroatoms. The predicted molar refractivity (Wildman–Crippen MR) is 79.6 cm³/mol. The highest BCUT2D eigenvalue weighted by atomic mass is 35.5. The van der Waals surface area contributed by atoms with Crippen molar-refractivity contribution >= 4 is 11.6 Å². The van der Waals surface area contributed by atoms with Gasteiger partial charge in [0, 0.05) is 11.6 Å². The van der Waals surface area contributed by atoms with E-state index in [1.165, 1.54) is 6.42 Å². The van der Waals surface area contributed by atoms with Crippen molar-refractivity contribution < 1.29 is 4.74 Å². The smallest absolute Gasteiger partial charge is 0.168 e. The third-order valence-corrected chi connectivity index (χ3v) is 3.91. The lowest BCUT2D eigenvalue weighted by Gasteiger charge is -2.24. The van der Waals surface area contributed by atoms with Crippen molar-refractivity contribution in [3.63, 3.8) is 0 Å². The van der Waals surface area contributed by atoms with Gasteiger partial charge in [-0.2, -0.15) is 5.10 Å². The topological polar surface area (TPSA) is 39.1 Å². The van der Waals surface area contributed by atoms with Crippen molar-refractivity contribution in [1.82, 2.24) is 15.1 Å². The largest absolute Gasteiger partial charge is 0.454 e. The van der Waals surface area contributed by atoms with E-state index < -0.39 is 0 Å². The number of ether oxygens (including phenoxy) is 1. The first-order valence-electron chi connectivity index (χ1n) is 6.92. The van der Waals surface area contributed by atoms with E-state index in [4.69, 9.17) is 16.3 Å². The fraction of sp³-hybridized carbons (Fsp3) is 0.400. The zero-order valence-corrected chi connectivity index (χ0v) is 12.2. The highest BCUT2D eigenvalue weighted by Crippen LogP contribution is 2.28. The molecule has 0 amide bonds. The lowest BCUT2D eigenvalue weighted by atomic mass is 10.1. The van der Waals surface area contributed by atoms with Gasteiger partial charge in [-0.1, -0.05) is 11.6 Å². The van der Waals surface area contributed by atoms with Gasteiger partial charge in [0.2, 0.25) is 0 Å². The van der Waals surface area contributed by atoms with Gasteiger partial charge in [0.15, 0.2) is 5.75 Å². The maximum Gasteiger partial charge on any atom is 0.168 e. The van der Waals surface area contributed by atoms with Crippen LogP contribution >= 0.6 is 11.6 Å². The van der Waals surface area contributed by atoms with Crippen LogP contribution in [-0.4, -0.2) is 22.9 Å². The van der Waals surface area contributed by atoms with Crippen molar-refractivity contribution in [3.05, 3.63) is 41.2 Å². The Morgan fingerprint density at radius 2 is 2.15 bits per heavy atom. The summed E-state index contributed by atoms with van der Waals surface area (Å²) in [4.78, 5) is 0. The molecule has 4 nitrogen and oxygen atoms in total. The van der Waals surface area contributed by atoms with Crippen LogP contribution in [0.4, 0.5) is 0 Å².